The first-order chi connectivity index (χ1) is 14.4. The van der Waals surface area contributed by atoms with Gasteiger partial charge in [-0.15, -0.1) is 0 Å². The minimum Gasteiger partial charge on any atom is -0.349 e. The molecule has 1 aromatic heterocycles. The third kappa shape index (κ3) is 4.63. The van der Waals surface area contributed by atoms with E-state index in [9.17, 15) is 18.8 Å². The Morgan fingerprint density at radius 1 is 0.967 bits per heavy atom. The molecule has 1 heterocycles. The molecular weight excluding hydrogens is 385 g/mol. The fourth-order valence-electron chi connectivity index (χ4n) is 2.82. The lowest BCUT2D eigenvalue weighted by Gasteiger charge is -2.13. The fraction of sp³-hybridized carbons (Fsp3) is 0.174. The SMILES string of the molecule is CC[C@@H](C)NC(=O)c1cccn(-c2ccc(NC(=O)c3ccccc3F)cc2)c1=O. The molecule has 0 saturated heterocycles. The Kier molecular flexibility index (Phi) is 6.41. The normalized spacial score (nSPS) is 11.6. The van der Waals surface area contributed by atoms with Gasteiger partial charge in [0.1, 0.15) is 11.4 Å². The van der Waals surface area contributed by atoms with Crippen molar-refractivity contribution in [2.45, 2.75) is 26.3 Å². The Morgan fingerprint density at radius 2 is 1.63 bits per heavy atom. The zero-order chi connectivity index (χ0) is 21.7. The Hall–Kier alpha value is -3.74. The molecule has 2 N–H and O–H groups in total. The van der Waals surface area contributed by atoms with Crippen LogP contribution in [0.2, 0.25) is 0 Å². The Morgan fingerprint density at radius 3 is 2.30 bits per heavy atom. The summed E-state index contributed by atoms with van der Waals surface area (Å²) in [6, 6.07) is 15.3. The van der Waals surface area contributed by atoms with Gasteiger partial charge in [-0.2, -0.15) is 0 Å². The Balaban J connectivity index is 1.80. The van der Waals surface area contributed by atoms with E-state index in [-0.39, 0.29) is 17.2 Å². The van der Waals surface area contributed by atoms with Crippen LogP contribution in [-0.2, 0) is 0 Å². The lowest BCUT2D eigenvalue weighted by atomic mass is 10.2. The molecule has 0 bridgehead atoms. The first-order valence-electron chi connectivity index (χ1n) is 9.59. The van der Waals surface area contributed by atoms with Crippen LogP contribution in [0.3, 0.4) is 0 Å². The van der Waals surface area contributed by atoms with E-state index >= 15 is 0 Å². The number of rotatable bonds is 6. The molecule has 6 nitrogen and oxygen atoms in total. The van der Waals surface area contributed by atoms with E-state index in [1.54, 1.807) is 42.6 Å². The van der Waals surface area contributed by atoms with E-state index in [0.29, 0.717) is 11.4 Å². The molecule has 0 radical (unpaired) electrons. The molecule has 0 spiro atoms. The van der Waals surface area contributed by atoms with Crippen molar-refractivity contribution in [3.8, 4) is 5.69 Å². The summed E-state index contributed by atoms with van der Waals surface area (Å²) in [6.45, 7) is 3.81. The van der Waals surface area contributed by atoms with Gasteiger partial charge in [0.2, 0.25) is 0 Å². The summed E-state index contributed by atoms with van der Waals surface area (Å²) in [6.07, 6.45) is 2.32. The zero-order valence-electron chi connectivity index (χ0n) is 16.7. The summed E-state index contributed by atoms with van der Waals surface area (Å²) in [5.41, 5.74) is 0.529. The molecule has 0 unspecified atom stereocenters. The van der Waals surface area contributed by atoms with Crippen LogP contribution in [-0.4, -0.2) is 22.4 Å². The van der Waals surface area contributed by atoms with Gasteiger partial charge in [-0.05, 0) is 61.9 Å². The van der Waals surface area contributed by atoms with Gasteiger partial charge in [0.15, 0.2) is 0 Å². The number of hydrogen-bond acceptors (Lipinski definition) is 3. The van der Waals surface area contributed by atoms with Gasteiger partial charge < -0.3 is 10.6 Å². The lowest BCUT2D eigenvalue weighted by molar-refractivity contribution is 0.0936. The molecule has 3 aromatic rings. The predicted molar refractivity (Wildman–Crippen MR) is 114 cm³/mol. The van der Waals surface area contributed by atoms with Gasteiger partial charge in [-0.1, -0.05) is 19.1 Å². The van der Waals surface area contributed by atoms with Crippen molar-refractivity contribution in [2.75, 3.05) is 5.32 Å². The average molecular weight is 407 g/mol. The molecule has 154 valence electrons. The number of pyridine rings is 1. The van der Waals surface area contributed by atoms with Crippen LogP contribution in [0.5, 0.6) is 0 Å². The van der Waals surface area contributed by atoms with Crippen LogP contribution in [0.25, 0.3) is 5.69 Å². The maximum atomic E-state index is 13.7. The van der Waals surface area contributed by atoms with E-state index in [4.69, 9.17) is 0 Å². The van der Waals surface area contributed by atoms with Crippen LogP contribution >= 0.6 is 0 Å². The van der Waals surface area contributed by atoms with Crippen LogP contribution in [0.1, 0.15) is 41.0 Å². The number of anilines is 1. The smallest absolute Gasteiger partial charge is 0.267 e. The zero-order valence-corrected chi connectivity index (χ0v) is 16.7. The van der Waals surface area contributed by atoms with Crippen molar-refractivity contribution in [3.05, 3.63) is 94.2 Å². The second kappa shape index (κ2) is 9.17. The van der Waals surface area contributed by atoms with Gasteiger partial charge in [0.05, 0.1) is 5.56 Å². The molecule has 2 amide bonds. The van der Waals surface area contributed by atoms with Gasteiger partial charge in [0.25, 0.3) is 17.4 Å². The summed E-state index contributed by atoms with van der Waals surface area (Å²) in [5, 5.41) is 5.41. The third-order valence-corrected chi connectivity index (χ3v) is 4.70. The Bertz CT molecular complexity index is 1120. The van der Waals surface area contributed by atoms with Crippen molar-refractivity contribution in [3.63, 3.8) is 0 Å². The molecular formula is C23H22FN3O3. The summed E-state index contributed by atoms with van der Waals surface area (Å²) in [5.74, 6) is -1.59. The highest BCUT2D eigenvalue weighted by atomic mass is 19.1. The number of carbonyl (C=O) groups excluding carboxylic acids is 2. The molecule has 7 heteroatoms. The quantitative estimate of drug-likeness (QED) is 0.653. The molecule has 0 aliphatic carbocycles. The number of benzene rings is 2. The minimum absolute atomic E-state index is 0.0390. The largest absolute Gasteiger partial charge is 0.349 e. The van der Waals surface area contributed by atoms with Gasteiger partial charge >= 0.3 is 0 Å². The van der Waals surface area contributed by atoms with E-state index in [1.165, 1.54) is 28.8 Å². The molecule has 0 aliphatic heterocycles. The molecule has 0 saturated carbocycles. The number of nitrogens with one attached hydrogen (secondary N) is 2. The molecule has 2 aromatic carbocycles. The highest BCUT2D eigenvalue weighted by Crippen LogP contribution is 2.15. The second-order valence-corrected chi connectivity index (χ2v) is 6.86. The van der Waals surface area contributed by atoms with Gasteiger partial charge in [-0.25, -0.2) is 4.39 Å². The maximum Gasteiger partial charge on any atom is 0.267 e. The van der Waals surface area contributed by atoms with Crippen molar-refractivity contribution < 1.29 is 14.0 Å². The maximum absolute atomic E-state index is 13.7. The van der Waals surface area contributed by atoms with E-state index in [2.05, 4.69) is 10.6 Å². The highest BCUT2D eigenvalue weighted by Gasteiger charge is 2.15. The number of hydrogen-bond donors (Lipinski definition) is 2. The first-order valence-corrected chi connectivity index (χ1v) is 9.59. The summed E-state index contributed by atoms with van der Waals surface area (Å²) in [7, 11) is 0. The van der Waals surface area contributed by atoms with Crippen molar-refractivity contribution in [1.82, 2.24) is 9.88 Å². The fourth-order valence-corrected chi connectivity index (χ4v) is 2.82. The standard InChI is InChI=1S/C23H22FN3O3/c1-3-15(2)25-22(29)19-8-6-14-27(23(19)30)17-12-10-16(11-13-17)26-21(28)18-7-4-5-9-20(18)24/h4-15H,3H2,1-2H3,(H,25,29)(H,26,28)/t15-/m1/s1. The number of aromatic nitrogens is 1. The number of nitrogens with zero attached hydrogens (tertiary/aromatic N) is 1. The highest BCUT2D eigenvalue weighted by molar-refractivity contribution is 6.04. The van der Waals surface area contributed by atoms with E-state index in [1.807, 2.05) is 13.8 Å². The Labute approximate surface area is 173 Å². The minimum atomic E-state index is -0.606. The van der Waals surface area contributed by atoms with Crippen molar-refractivity contribution in [1.29, 1.82) is 0 Å². The summed E-state index contributed by atoms with van der Waals surface area (Å²) < 4.78 is 15.1. The molecule has 1 atom stereocenters. The molecule has 0 fully saturated rings. The van der Waals surface area contributed by atoms with E-state index in [0.717, 1.165) is 6.42 Å². The molecule has 3 rings (SSSR count). The average Bonchev–Trinajstić information content (AvgIpc) is 2.74. The van der Waals surface area contributed by atoms with Crippen LogP contribution in [0, 0.1) is 5.82 Å². The van der Waals surface area contributed by atoms with E-state index < -0.39 is 23.2 Å². The van der Waals surface area contributed by atoms with Crippen LogP contribution in [0.15, 0.2) is 71.7 Å². The number of carbonyl (C=O) groups is 2. The van der Waals surface area contributed by atoms with Crippen molar-refractivity contribution in [2.24, 2.45) is 0 Å². The third-order valence-electron chi connectivity index (χ3n) is 4.70. The number of halogens is 1. The predicted octanol–water partition coefficient (Wildman–Crippen LogP) is 3.76. The first kappa shape index (κ1) is 21.0. The second-order valence-electron chi connectivity index (χ2n) is 6.86. The summed E-state index contributed by atoms with van der Waals surface area (Å²) >= 11 is 0. The van der Waals surface area contributed by atoms with Gasteiger partial charge in [0, 0.05) is 23.6 Å². The van der Waals surface area contributed by atoms with Crippen LogP contribution < -0.4 is 16.2 Å². The summed E-state index contributed by atoms with van der Waals surface area (Å²) in [4.78, 5) is 37.3. The molecule has 30 heavy (non-hydrogen) atoms. The molecule has 0 aliphatic rings. The lowest BCUT2D eigenvalue weighted by Crippen LogP contribution is -2.36. The number of amides is 2. The van der Waals surface area contributed by atoms with Gasteiger partial charge in [-0.3, -0.25) is 19.0 Å². The van der Waals surface area contributed by atoms with Crippen LogP contribution in [0.4, 0.5) is 10.1 Å². The topological polar surface area (TPSA) is 80.2 Å². The van der Waals surface area contributed by atoms with Crippen molar-refractivity contribution >= 4 is 17.5 Å². The monoisotopic (exact) mass is 407 g/mol.